The molecule has 0 aliphatic rings. The normalized spacial score (nSPS) is 11.4. The Morgan fingerprint density at radius 2 is 2.17 bits per heavy atom. The Balaban J connectivity index is 2.36. The predicted octanol–water partition coefficient (Wildman–Crippen LogP) is 0.246. The zero-order valence-electron chi connectivity index (χ0n) is 9.20. The van der Waals surface area contributed by atoms with Crippen molar-refractivity contribution in [2.45, 2.75) is 4.90 Å². The van der Waals surface area contributed by atoms with Gasteiger partial charge in [0, 0.05) is 5.02 Å². The standard InChI is InChI=1S/C8H9ClN6O2S/c1-15-12-8(11-14-15)13-18(16,17)7-3-2-5(9)4-6(7)10/h2-4H,10H2,1H3,(H,12,13). The fraction of sp³-hybridized carbons (Fsp3) is 0.125. The van der Waals surface area contributed by atoms with E-state index in [4.69, 9.17) is 17.3 Å². The molecule has 1 heterocycles. The molecule has 0 amide bonds. The zero-order valence-corrected chi connectivity index (χ0v) is 10.8. The van der Waals surface area contributed by atoms with Crippen molar-refractivity contribution in [3.63, 3.8) is 0 Å². The summed E-state index contributed by atoms with van der Waals surface area (Å²) in [6.07, 6.45) is 0. The lowest BCUT2D eigenvalue weighted by molar-refractivity contribution is 0.601. The molecule has 0 radical (unpaired) electrons. The van der Waals surface area contributed by atoms with Crippen LogP contribution in [0.1, 0.15) is 0 Å². The summed E-state index contributed by atoms with van der Waals surface area (Å²) < 4.78 is 26.1. The molecule has 0 fully saturated rings. The minimum atomic E-state index is -3.86. The highest BCUT2D eigenvalue weighted by Gasteiger charge is 2.19. The molecular formula is C8H9ClN6O2S. The van der Waals surface area contributed by atoms with Crippen LogP contribution in [0.3, 0.4) is 0 Å². The van der Waals surface area contributed by atoms with Crippen molar-refractivity contribution in [2.75, 3.05) is 10.5 Å². The number of sulfonamides is 1. The number of tetrazole rings is 1. The summed E-state index contributed by atoms with van der Waals surface area (Å²) in [6.45, 7) is 0. The molecule has 1 aromatic carbocycles. The Labute approximate surface area is 108 Å². The van der Waals surface area contributed by atoms with Gasteiger partial charge in [0.15, 0.2) is 0 Å². The van der Waals surface area contributed by atoms with Gasteiger partial charge >= 0.3 is 0 Å². The van der Waals surface area contributed by atoms with Gasteiger partial charge in [0.1, 0.15) is 4.90 Å². The number of nitrogens with zero attached hydrogens (tertiary/aromatic N) is 4. The van der Waals surface area contributed by atoms with E-state index in [0.29, 0.717) is 5.02 Å². The van der Waals surface area contributed by atoms with Gasteiger partial charge < -0.3 is 5.73 Å². The van der Waals surface area contributed by atoms with Gasteiger partial charge in [-0.3, -0.25) is 0 Å². The van der Waals surface area contributed by atoms with Gasteiger partial charge in [0.05, 0.1) is 12.7 Å². The fourth-order valence-corrected chi connectivity index (χ4v) is 2.49. The van der Waals surface area contributed by atoms with Gasteiger partial charge in [-0.2, -0.15) is 4.80 Å². The number of halogens is 1. The van der Waals surface area contributed by atoms with Crippen molar-refractivity contribution in [3.8, 4) is 0 Å². The molecule has 0 unspecified atom stereocenters. The quantitative estimate of drug-likeness (QED) is 0.782. The van der Waals surface area contributed by atoms with Crippen LogP contribution in [0.15, 0.2) is 23.1 Å². The van der Waals surface area contributed by atoms with Crippen LogP contribution >= 0.6 is 11.6 Å². The minimum absolute atomic E-state index is 0.0406. The molecule has 8 nitrogen and oxygen atoms in total. The molecule has 0 atom stereocenters. The maximum absolute atomic E-state index is 12.0. The predicted molar refractivity (Wildman–Crippen MR) is 65.5 cm³/mol. The van der Waals surface area contributed by atoms with Crippen molar-refractivity contribution >= 4 is 33.3 Å². The van der Waals surface area contributed by atoms with Crippen molar-refractivity contribution < 1.29 is 8.42 Å². The van der Waals surface area contributed by atoms with E-state index < -0.39 is 10.0 Å². The first-order valence-electron chi connectivity index (χ1n) is 4.70. The van der Waals surface area contributed by atoms with E-state index in [1.807, 2.05) is 0 Å². The van der Waals surface area contributed by atoms with E-state index in [0.717, 1.165) is 4.80 Å². The molecular weight excluding hydrogens is 280 g/mol. The van der Waals surface area contributed by atoms with Crippen molar-refractivity contribution in [1.29, 1.82) is 0 Å². The van der Waals surface area contributed by atoms with Crippen LogP contribution in [0.5, 0.6) is 0 Å². The molecule has 96 valence electrons. The van der Waals surface area contributed by atoms with Gasteiger partial charge in [0.25, 0.3) is 16.0 Å². The van der Waals surface area contributed by atoms with Crippen molar-refractivity contribution in [1.82, 2.24) is 20.2 Å². The molecule has 0 saturated carbocycles. The van der Waals surface area contributed by atoms with Gasteiger partial charge in [-0.1, -0.05) is 16.7 Å². The Bertz CT molecular complexity index is 683. The third-order valence-corrected chi connectivity index (χ3v) is 3.63. The monoisotopic (exact) mass is 288 g/mol. The second-order valence-electron chi connectivity index (χ2n) is 3.39. The first-order valence-corrected chi connectivity index (χ1v) is 6.56. The Hall–Kier alpha value is -1.87. The van der Waals surface area contributed by atoms with E-state index in [1.54, 1.807) is 0 Å². The highest BCUT2D eigenvalue weighted by Crippen LogP contribution is 2.23. The Morgan fingerprint density at radius 3 is 2.72 bits per heavy atom. The third kappa shape index (κ3) is 2.51. The van der Waals surface area contributed by atoms with E-state index in [1.165, 1.54) is 25.2 Å². The van der Waals surface area contributed by atoms with Gasteiger partial charge in [-0.05, 0) is 23.4 Å². The topological polar surface area (TPSA) is 116 Å². The molecule has 3 N–H and O–H groups in total. The van der Waals surface area contributed by atoms with Crippen molar-refractivity contribution in [3.05, 3.63) is 23.2 Å². The first-order chi connectivity index (χ1) is 8.38. The van der Waals surface area contributed by atoms with Crippen LogP contribution in [-0.2, 0) is 17.1 Å². The zero-order chi connectivity index (χ0) is 13.3. The van der Waals surface area contributed by atoms with Crippen LogP contribution in [0, 0.1) is 0 Å². The Kier molecular flexibility index (Phi) is 3.09. The fourth-order valence-electron chi connectivity index (χ4n) is 1.26. The molecule has 1 aromatic heterocycles. The lowest BCUT2D eigenvalue weighted by Gasteiger charge is -2.07. The smallest absolute Gasteiger partial charge is 0.277 e. The maximum Gasteiger partial charge on any atom is 0.277 e. The molecule has 0 aliphatic carbocycles. The molecule has 0 saturated heterocycles. The summed E-state index contributed by atoms with van der Waals surface area (Å²) in [4.78, 5) is 1.03. The molecule has 10 heteroatoms. The molecule has 2 aromatic rings. The van der Waals surface area contributed by atoms with Gasteiger partial charge in [0.2, 0.25) is 0 Å². The van der Waals surface area contributed by atoms with Crippen LogP contribution in [-0.4, -0.2) is 28.6 Å². The lowest BCUT2D eigenvalue weighted by atomic mass is 10.3. The molecule has 0 aliphatic heterocycles. The van der Waals surface area contributed by atoms with Gasteiger partial charge in [-0.15, -0.1) is 5.10 Å². The number of nitrogens with two attached hydrogens (primary N) is 1. The number of aromatic nitrogens is 4. The second kappa shape index (κ2) is 4.42. The second-order valence-corrected chi connectivity index (χ2v) is 5.48. The van der Waals surface area contributed by atoms with Crippen molar-refractivity contribution in [2.24, 2.45) is 7.05 Å². The summed E-state index contributed by atoms with van der Waals surface area (Å²) in [5.41, 5.74) is 5.64. The summed E-state index contributed by atoms with van der Waals surface area (Å²) in [6, 6.07) is 4.08. The summed E-state index contributed by atoms with van der Waals surface area (Å²) in [7, 11) is -2.34. The number of hydrogen-bond donors (Lipinski definition) is 2. The average molecular weight is 289 g/mol. The SMILES string of the molecule is Cn1nnc(NS(=O)(=O)c2ccc(Cl)cc2N)n1. The molecule has 0 bridgehead atoms. The van der Waals surface area contributed by atoms with Crippen LogP contribution in [0.4, 0.5) is 11.6 Å². The molecule has 2 rings (SSSR count). The largest absolute Gasteiger partial charge is 0.398 e. The highest BCUT2D eigenvalue weighted by molar-refractivity contribution is 7.92. The minimum Gasteiger partial charge on any atom is -0.398 e. The van der Waals surface area contributed by atoms with E-state index >= 15 is 0 Å². The number of nitrogen functional groups attached to an aromatic ring is 1. The number of nitrogens with one attached hydrogen (secondary N) is 1. The van der Waals surface area contributed by atoms with E-state index in [2.05, 4.69) is 20.1 Å². The van der Waals surface area contributed by atoms with E-state index in [-0.39, 0.29) is 16.5 Å². The summed E-state index contributed by atoms with van der Waals surface area (Å²) in [5, 5.41) is 11.1. The van der Waals surface area contributed by atoms with E-state index in [9.17, 15) is 8.42 Å². The third-order valence-electron chi connectivity index (χ3n) is 2.00. The number of anilines is 2. The number of benzene rings is 1. The van der Waals surface area contributed by atoms with Crippen LogP contribution in [0.25, 0.3) is 0 Å². The lowest BCUT2D eigenvalue weighted by Crippen LogP contribution is -2.15. The first kappa shape index (κ1) is 12.6. The number of aryl methyl sites for hydroxylation is 1. The molecule has 0 spiro atoms. The summed E-state index contributed by atoms with van der Waals surface area (Å²) in [5.74, 6) is -0.133. The Morgan fingerprint density at radius 1 is 1.44 bits per heavy atom. The number of rotatable bonds is 3. The van der Waals surface area contributed by atoms with Crippen LogP contribution < -0.4 is 10.5 Å². The average Bonchev–Trinajstić information content (AvgIpc) is 2.62. The maximum atomic E-state index is 12.0. The highest BCUT2D eigenvalue weighted by atomic mass is 35.5. The number of hydrogen-bond acceptors (Lipinski definition) is 6. The molecule has 18 heavy (non-hydrogen) atoms. The summed E-state index contributed by atoms with van der Waals surface area (Å²) >= 11 is 5.70. The van der Waals surface area contributed by atoms with Gasteiger partial charge in [-0.25, -0.2) is 13.1 Å². The van der Waals surface area contributed by atoms with Crippen LogP contribution in [0.2, 0.25) is 5.02 Å².